The van der Waals surface area contributed by atoms with Crippen LogP contribution < -0.4 is 5.32 Å². The van der Waals surface area contributed by atoms with E-state index in [-0.39, 0.29) is 12.1 Å². The molecule has 0 aliphatic heterocycles. The Labute approximate surface area is 114 Å². The Morgan fingerprint density at radius 2 is 1.89 bits per heavy atom. The van der Waals surface area contributed by atoms with Crippen molar-refractivity contribution in [2.24, 2.45) is 0 Å². The van der Waals surface area contributed by atoms with Crippen LogP contribution in [0, 0.1) is 11.6 Å². The maximum absolute atomic E-state index is 13.4. The molecule has 0 saturated heterocycles. The maximum Gasteiger partial charge on any atom is 0.159 e. The van der Waals surface area contributed by atoms with Gasteiger partial charge in [-0.2, -0.15) is 0 Å². The lowest BCUT2D eigenvalue weighted by Gasteiger charge is -2.27. The molecule has 0 aromatic heterocycles. The van der Waals surface area contributed by atoms with Crippen LogP contribution in [0.15, 0.2) is 18.2 Å². The summed E-state index contributed by atoms with van der Waals surface area (Å²) in [6.45, 7) is 7.45. The number of halogens is 2. The fourth-order valence-corrected chi connectivity index (χ4v) is 2.13. The van der Waals surface area contributed by atoms with Crippen molar-refractivity contribution in [3.8, 4) is 0 Å². The van der Waals surface area contributed by atoms with Crippen LogP contribution in [-0.2, 0) is 4.74 Å². The highest BCUT2D eigenvalue weighted by Crippen LogP contribution is 2.23. The lowest BCUT2D eigenvalue weighted by atomic mass is 9.99. The Morgan fingerprint density at radius 3 is 2.42 bits per heavy atom. The zero-order valence-electron chi connectivity index (χ0n) is 11.9. The van der Waals surface area contributed by atoms with Crippen molar-refractivity contribution in [1.29, 1.82) is 0 Å². The number of hydrogen-bond donors (Lipinski definition) is 1. The first-order valence-corrected chi connectivity index (χ1v) is 6.93. The molecular weight excluding hydrogens is 248 g/mol. The average Bonchev–Trinajstić information content (AvgIpc) is 2.41. The lowest BCUT2D eigenvalue weighted by Crippen LogP contribution is -2.34. The summed E-state index contributed by atoms with van der Waals surface area (Å²) >= 11 is 0. The average molecular weight is 271 g/mol. The van der Waals surface area contributed by atoms with Crippen LogP contribution in [0.1, 0.15) is 45.2 Å². The summed E-state index contributed by atoms with van der Waals surface area (Å²) in [5.74, 6) is -1.63. The first-order valence-electron chi connectivity index (χ1n) is 6.93. The van der Waals surface area contributed by atoms with Crippen molar-refractivity contribution in [2.75, 3.05) is 13.2 Å². The molecule has 0 aliphatic rings. The molecule has 4 heteroatoms. The SMILES string of the molecule is CCCNC(c1ccc(F)c(F)c1)C(CC)OCC. The van der Waals surface area contributed by atoms with Gasteiger partial charge >= 0.3 is 0 Å². The molecule has 0 fully saturated rings. The van der Waals surface area contributed by atoms with E-state index in [0.717, 1.165) is 24.9 Å². The molecule has 108 valence electrons. The van der Waals surface area contributed by atoms with Crippen LogP contribution in [-0.4, -0.2) is 19.3 Å². The Bertz CT molecular complexity index is 384. The van der Waals surface area contributed by atoms with Gasteiger partial charge in [-0.1, -0.05) is 19.9 Å². The highest BCUT2D eigenvalue weighted by molar-refractivity contribution is 5.22. The normalized spacial score (nSPS) is 14.4. The number of hydrogen-bond acceptors (Lipinski definition) is 2. The van der Waals surface area contributed by atoms with Crippen molar-refractivity contribution in [3.05, 3.63) is 35.4 Å². The van der Waals surface area contributed by atoms with E-state index in [2.05, 4.69) is 12.2 Å². The molecule has 0 spiro atoms. The summed E-state index contributed by atoms with van der Waals surface area (Å²) in [7, 11) is 0. The number of benzene rings is 1. The Kier molecular flexibility index (Phi) is 6.95. The largest absolute Gasteiger partial charge is 0.377 e. The minimum atomic E-state index is -0.817. The molecule has 1 aromatic rings. The predicted molar refractivity (Wildman–Crippen MR) is 73.1 cm³/mol. The second kappa shape index (κ2) is 8.23. The Morgan fingerprint density at radius 1 is 1.16 bits per heavy atom. The van der Waals surface area contributed by atoms with Crippen LogP contribution in [0.2, 0.25) is 0 Å². The van der Waals surface area contributed by atoms with Gasteiger partial charge < -0.3 is 10.1 Å². The number of nitrogens with one attached hydrogen (secondary N) is 1. The molecule has 2 atom stereocenters. The highest BCUT2D eigenvalue weighted by atomic mass is 19.2. The van der Waals surface area contributed by atoms with Crippen LogP contribution >= 0.6 is 0 Å². The van der Waals surface area contributed by atoms with Gasteiger partial charge in [0.2, 0.25) is 0 Å². The van der Waals surface area contributed by atoms with Gasteiger partial charge in [0, 0.05) is 6.61 Å². The number of ether oxygens (including phenoxy) is 1. The van der Waals surface area contributed by atoms with E-state index in [9.17, 15) is 8.78 Å². The standard InChI is InChI=1S/C15H23F2NO/c1-4-9-18-15(14(5-2)19-6-3)11-7-8-12(16)13(17)10-11/h7-8,10,14-15,18H,4-6,9H2,1-3H3. The van der Waals surface area contributed by atoms with Gasteiger partial charge in [0.05, 0.1) is 12.1 Å². The van der Waals surface area contributed by atoms with Gasteiger partial charge in [0.15, 0.2) is 11.6 Å². The molecule has 1 rings (SSSR count). The zero-order chi connectivity index (χ0) is 14.3. The van der Waals surface area contributed by atoms with Gasteiger partial charge in [-0.25, -0.2) is 8.78 Å². The maximum atomic E-state index is 13.4. The van der Waals surface area contributed by atoms with Crippen molar-refractivity contribution >= 4 is 0 Å². The summed E-state index contributed by atoms with van der Waals surface area (Å²) in [5, 5.41) is 3.35. The second-order valence-electron chi connectivity index (χ2n) is 4.51. The van der Waals surface area contributed by atoms with Crippen LogP contribution in [0.3, 0.4) is 0 Å². The molecule has 0 saturated carbocycles. The fraction of sp³-hybridized carbons (Fsp3) is 0.600. The highest BCUT2D eigenvalue weighted by Gasteiger charge is 2.22. The minimum Gasteiger partial charge on any atom is -0.377 e. The lowest BCUT2D eigenvalue weighted by molar-refractivity contribution is 0.0313. The third-order valence-corrected chi connectivity index (χ3v) is 3.07. The zero-order valence-corrected chi connectivity index (χ0v) is 11.9. The minimum absolute atomic E-state index is 0.0404. The first-order chi connectivity index (χ1) is 9.13. The molecule has 0 radical (unpaired) electrons. The fourth-order valence-electron chi connectivity index (χ4n) is 2.13. The smallest absolute Gasteiger partial charge is 0.159 e. The molecule has 2 nitrogen and oxygen atoms in total. The molecule has 19 heavy (non-hydrogen) atoms. The molecule has 0 heterocycles. The Balaban J connectivity index is 2.96. The summed E-state index contributed by atoms with van der Waals surface area (Å²) in [6.07, 6.45) is 1.75. The molecule has 1 N–H and O–H groups in total. The van der Waals surface area contributed by atoms with Gasteiger partial charge in [-0.05, 0) is 44.0 Å². The third kappa shape index (κ3) is 4.55. The van der Waals surface area contributed by atoms with Crippen molar-refractivity contribution in [1.82, 2.24) is 5.32 Å². The quantitative estimate of drug-likeness (QED) is 0.776. The summed E-state index contributed by atoms with van der Waals surface area (Å²) < 4.78 is 32.1. The topological polar surface area (TPSA) is 21.3 Å². The van der Waals surface area contributed by atoms with Crippen LogP contribution in [0.5, 0.6) is 0 Å². The third-order valence-electron chi connectivity index (χ3n) is 3.07. The summed E-state index contributed by atoms with van der Waals surface area (Å²) in [4.78, 5) is 0. The van der Waals surface area contributed by atoms with Crippen molar-refractivity contribution < 1.29 is 13.5 Å². The van der Waals surface area contributed by atoms with Crippen molar-refractivity contribution in [3.63, 3.8) is 0 Å². The molecule has 2 unspecified atom stereocenters. The van der Waals surface area contributed by atoms with E-state index in [4.69, 9.17) is 4.74 Å². The van der Waals surface area contributed by atoms with Crippen LogP contribution in [0.4, 0.5) is 8.78 Å². The van der Waals surface area contributed by atoms with E-state index in [1.54, 1.807) is 6.07 Å². The van der Waals surface area contributed by atoms with Crippen LogP contribution in [0.25, 0.3) is 0 Å². The molecule has 0 aliphatic carbocycles. The van der Waals surface area contributed by atoms with E-state index < -0.39 is 11.6 Å². The molecular formula is C15H23F2NO. The van der Waals surface area contributed by atoms with Crippen molar-refractivity contribution in [2.45, 2.75) is 45.8 Å². The van der Waals surface area contributed by atoms with Gasteiger partial charge in [-0.15, -0.1) is 0 Å². The van der Waals surface area contributed by atoms with E-state index in [1.807, 2.05) is 13.8 Å². The van der Waals surface area contributed by atoms with E-state index in [1.165, 1.54) is 12.1 Å². The number of rotatable bonds is 8. The molecule has 1 aromatic carbocycles. The molecule has 0 bridgehead atoms. The second-order valence-corrected chi connectivity index (χ2v) is 4.51. The Hall–Kier alpha value is -1.00. The molecule has 0 amide bonds. The van der Waals surface area contributed by atoms with E-state index >= 15 is 0 Å². The monoisotopic (exact) mass is 271 g/mol. The van der Waals surface area contributed by atoms with Gasteiger partial charge in [0.1, 0.15) is 0 Å². The van der Waals surface area contributed by atoms with Gasteiger partial charge in [0.25, 0.3) is 0 Å². The summed E-state index contributed by atoms with van der Waals surface area (Å²) in [5.41, 5.74) is 0.729. The summed E-state index contributed by atoms with van der Waals surface area (Å²) in [6, 6.07) is 3.93. The first kappa shape index (κ1) is 16.1. The van der Waals surface area contributed by atoms with Gasteiger partial charge in [-0.3, -0.25) is 0 Å². The predicted octanol–water partition coefficient (Wildman–Crippen LogP) is 3.82. The van der Waals surface area contributed by atoms with E-state index in [0.29, 0.717) is 6.61 Å².